The van der Waals surface area contributed by atoms with E-state index >= 15 is 0 Å². The maximum Gasteiger partial charge on any atom is 0.126 e. The minimum atomic E-state index is 0.638. The van der Waals surface area contributed by atoms with Gasteiger partial charge in [-0.25, -0.2) is 4.98 Å². The van der Waals surface area contributed by atoms with Crippen molar-refractivity contribution in [2.24, 2.45) is 0 Å². The second kappa shape index (κ2) is 7.75. The van der Waals surface area contributed by atoms with Crippen LogP contribution in [0.25, 0.3) is 0 Å². The number of nitrogens with one attached hydrogen (secondary N) is 1. The van der Waals surface area contributed by atoms with Crippen molar-refractivity contribution in [3.8, 4) is 5.75 Å². The highest BCUT2D eigenvalue weighted by Crippen LogP contribution is 2.24. The number of hydrogen-bond acceptors (Lipinski definition) is 3. The van der Waals surface area contributed by atoms with Crippen LogP contribution in [-0.4, -0.2) is 11.6 Å². The lowest BCUT2D eigenvalue weighted by atomic mass is 10.2. The van der Waals surface area contributed by atoms with Crippen molar-refractivity contribution in [1.82, 2.24) is 4.98 Å². The molecule has 0 aliphatic carbocycles. The Labute approximate surface area is 124 Å². The van der Waals surface area contributed by atoms with Gasteiger partial charge in [0, 0.05) is 23.3 Å². The van der Waals surface area contributed by atoms with Crippen LogP contribution in [0.3, 0.4) is 0 Å². The highest BCUT2D eigenvalue weighted by Gasteiger charge is 2.05. The van der Waals surface area contributed by atoms with Gasteiger partial charge in [0.2, 0.25) is 0 Å². The molecule has 0 radical (unpaired) electrons. The number of unbranched alkanes of at least 4 members (excludes halogenated alkanes) is 1. The third kappa shape index (κ3) is 4.42. The normalized spacial score (nSPS) is 10.3. The first-order chi connectivity index (χ1) is 9.79. The monoisotopic (exact) mass is 290 g/mol. The molecule has 2 rings (SSSR count). The van der Waals surface area contributed by atoms with Crippen LogP contribution in [0.15, 0.2) is 42.6 Å². The Balaban J connectivity index is 2.03. The Morgan fingerprint density at radius 2 is 2.15 bits per heavy atom. The molecule has 0 atom stereocenters. The third-order valence-electron chi connectivity index (χ3n) is 2.90. The van der Waals surface area contributed by atoms with Crippen LogP contribution in [0.5, 0.6) is 5.75 Å². The summed E-state index contributed by atoms with van der Waals surface area (Å²) in [6.45, 7) is 3.52. The van der Waals surface area contributed by atoms with Crippen LogP contribution in [0.1, 0.15) is 25.3 Å². The summed E-state index contributed by atoms with van der Waals surface area (Å²) in [7, 11) is 0. The van der Waals surface area contributed by atoms with Gasteiger partial charge in [-0.3, -0.25) is 0 Å². The zero-order valence-corrected chi connectivity index (χ0v) is 12.4. The molecule has 0 saturated carbocycles. The summed E-state index contributed by atoms with van der Waals surface area (Å²) in [4.78, 5) is 4.24. The van der Waals surface area contributed by atoms with Crippen molar-refractivity contribution in [1.29, 1.82) is 0 Å². The fraction of sp³-hybridized carbons (Fsp3) is 0.312. The Morgan fingerprint density at radius 3 is 2.90 bits per heavy atom. The number of hydrogen-bond donors (Lipinski definition) is 1. The molecule has 2 aromatic rings. The summed E-state index contributed by atoms with van der Waals surface area (Å²) in [5, 5.41) is 3.98. The van der Waals surface area contributed by atoms with Crippen LogP contribution in [0.2, 0.25) is 5.02 Å². The standard InChI is InChI=1S/C16H19ClN2O/c1-2-3-10-20-15-8-7-14(17)11-13(15)12-19-16-6-4-5-9-18-16/h4-9,11H,2-3,10,12H2,1H3,(H,18,19). The molecule has 4 heteroatoms. The topological polar surface area (TPSA) is 34.1 Å². The quantitative estimate of drug-likeness (QED) is 0.761. The maximum absolute atomic E-state index is 6.06. The molecule has 0 spiro atoms. The molecule has 0 unspecified atom stereocenters. The minimum absolute atomic E-state index is 0.638. The van der Waals surface area contributed by atoms with E-state index in [1.807, 2.05) is 36.4 Å². The van der Waals surface area contributed by atoms with Gasteiger partial charge in [-0.15, -0.1) is 0 Å². The first-order valence-corrected chi connectivity index (χ1v) is 7.23. The van der Waals surface area contributed by atoms with E-state index in [2.05, 4.69) is 17.2 Å². The van der Waals surface area contributed by atoms with E-state index in [1.165, 1.54) is 0 Å². The van der Waals surface area contributed by atoms with Crippen LogP contribution in [0, 0.1) is 0 Å². The summed E-state index contributed by atoms with van der Waals surface area (Å²) in [6, 6.07) is 11.5. The van der Waals surface area contributed by atoms with Gasteiger partial charge in [0.15, 0.2) is 0 Å². The van der Waals surface area contributed by atoms with E-state index in [0.717, 1.165) is 36.6 Å². The lowest BCUT2D eigenvalue weighted by molar-refractivity contribution is 0.306. The number of rotatable bonds is 7. The zero-order chi connectivity index (χ0) is 14.2. The van der Waals surface area contributed by atoms with E-state index in [4.69, 9.17) is 16.3 Å². The van der Waals surface area contributed by atoms with Crippen molar-refractivity contribution in [3.63, 3.8) is 0 Å². The molecule has 1 aromatic carbocycles. The lowest BCUT2D eigenvalue weighted by Gasteiger charge is -2.12. The Hall–Kier alpha value is -1.74. The maximum atomic E-state index is 6.06. The number of aromatic nitrogens is 1. The number of nitrogens with zero attached hydrogens (tertiary/aromatic N) is 1. The molecule has 20 heavy (non-hydrogen) atoms. The van der Waals surface area contributed by atoms with Gasteiger partial charge in [0.1, 0.15) is 11.6 Å². The van der Waals surface area contributed by atoms with Gasteiger partial charge >= 0.3 is 0 Å². The Kier molecular flexibility index (Phi) is 5.69. The summed E-state index contributed by atoms with van der Waals surface area (Å²) in [6.07, 6.45) is 3.93. The molecule has 0 aliphatic heterocycles. The molecule has 1 heterocycles. The van der Waals surface area contributed by atoms with Crippen molar-refractivity contribution < 1.29 is 4.74 Å². The molecule has 0 amide bonds. The van der Waals surface area contributed by atoms with E-state index in [-0.39, 0.29) is 0 Å². The largest absolute Gasteiger partial charge is 0.493 e. The molecule has 0 fully saturated rings. The SMILES string of the molecule is CCCCOc1ccc(Cl)cc1CNc1ccccn1. The minimum Gasteiger partial charge on any atom is -0.493 e. The van der Waals surface area contributed by atoms with Gasteiger partial charge in [0.25, 0.3) is 0 Å². The molecule has 1 aromatic heterocycles. The van der Waals surface area contributed by atoms with Crippen molar-refractivity contribution >= 4 is 17.4 Å². The molecular weight excluding hydrogens is 272 g/mol. The van der Waals surface area contributed by atoms with Crippen LogP contribution in [0.4, 0.5) is 5.82 Å². The molecule has 3 nitrogen and oxygen atoms in total. The Morgan fingerprint density at radius 1 is 1.25 bits per heavy atom. The van der Waals surface area contributed by atoms with Crippen molar-refractivity contribution in [2.45, 2.75) is 26.3 Å². The first kappa shape index (κ1) is 14.7. The van der Waals surface area contributed by atoms with E-state index < -0.39 is 0 Å². The molecule has 1 N–H and O–H groups in total. The molecule has 106 valence electrons. The van der Waals surface area contributed by atoms with E-state index in [1.54, 1.807) is 6.20 Å². The zero-order valence-electron chi connectivity index (χ0n) is 11.6. The average Bonchev–Trinajstić information content (AvgIpc) is 2.48. The highest BCUT2D eigenvalue weighted by atomic mass is 35.5. The number of anilines is 1. The average molecular weight is 291 g/mol. The first-order valence-electron chi connectivity index (χ1n) is 6.85. The number of pyridine rings is 1. The predicted molar refractivity (Wildman–Crippen MR) is 83.4 cm³/mol. The summed E-state index contributed by atoms with van der Waals surface area (Å²) in [5.74, 6) is 1.72. The van der Waals surface area contributed by atoms with E-state index in [9.17, 15) is 0 Å². The van der Waals surface area contributed by atoms with Gasteiger partial charge < -0.3 is 10.1 Å². The van der Waals surface area contributed by atoms with Crippen LogP contribution < -0.4 is 10.1 Å². The predicted octanol–water partition coefficient (Wildman–Crippen LogP) is 4.53. The number of benzene rings is 1. The van der Waals surface area contributed by atoms with Crippen molar-refractivity contribution in [2.75, 3.05) is 11.9 Å². The van der Waals surface area contributed by atoms with Crippen LogP contribution in [-0.2, 0) is 6.54 Å². The van der Waals surface area contributed by atoms with Gasteiger partial charge in [0.05, 0.1) is 6.61 Å². The summed E-state index contributed by atoms with van der Waals surface area (Å²) in [5.41, 5.74) is 1.04. The fourth-order valence-electron chi connectivity index (χ4n) is 1.81. The second-order valence-corrected chi connectivity index (χ2v) is 4.96. The second-order valence-electron chi connectivity index (χ2n) is 4.52. The number of halogens is 1. The number of ether oxygens (including phenoxy) is 1. The lowest BCUT2D eigenvalue weighted by Crippen LogP contribution is -2.05. The molecule has 0 saturated heterocycles. The van der Waals surface area contributed by atoms with E-state index in [0.29, 0.717) is 11.6 Å². The third-order valence-corrected chi connectivity index (χ3v) is 3.14. The molecular formula is C16H19ClN2O. The summed E-state index contributed by atoms with van der Waals surface area (Å²) >= 11 is 6.06. The fourth-order valence-corrected chi connectivity index (χ4v) is 2.00. The van der Waals surface area contributed by atoms with Gasteiger partial charge in [-0.2, -0.15) is 0 Å². The summed E-state index contributed by atoms with van der Waals surface area (Å²) < 4.78 is 5.80. The van der Waals surface area contributed by atoms with Crippen molar-refractivity contribution in [3.05, 3.63) is 53.2 Å². The molecule has 0 bridgehead atoms. The highest BCUT2D eigenvalue weighted by molar-refractivity contribution is 6.30. The smallest absolute Gasteiger partial charge is 0.126 e. The molecule has 0 aliphatic rings. The van der Waals surface area contributed by atoms with Gasteiger partial charge in [-0.05, 0) is 36.8 Å². The Bertz CT molecular complexity index is 531. The van der Waals surface area contributed by atoms with Gasteiger partial charge in [-0.1, -0.05) is 31.0 Å². The van der Waals surface area contributed by atoms with Crippen LogP contribution >= 0.6 is 11.6 Å².